The Kier molecular flexibility index (Phi) is 3.94. The third-order valence-electron chi connectivity index (χ3n) is 3.20. The molecule has 2 aromatic rings. The van der Waals surface area contributed by atoms with Gasteiger partial charge in [-0.3, -0.25) is 0 Å². The van der Waals surface area contributed by atoms with Crippen LogP contribution in [0.4, 0.5) is 0 Å². The molecule has 0 saturated heterocycles. The summed E-state index contributed by atoms with van der Waals surface area (Å²) in [7, 11) is 0. The molecule has 0 aliphatic heterocycles. The highest BCUT2D eigenvalue weighted by Crippen LogP contribution is 2.22. The first kappa shape index (κ1) is 11.9. The Labute approximate surface area is 103 Å². The molecule has 2 rings (SSSR count). The molecule has 0 aliphatic carbocycles. The maximum Gasteiger partial charge on any atom is 0.0324 e. The molecule has 2 N–H and O–H groups in total. The Hall–Kier alpha value is -1.60. The number of hydrogen-bond donors (Lipinski definition) is 1. The highest BCUT2D eigenvalue weighted by molar-refractivity contribution is 5.21. The number of benzene rings is 2. The summed E-state index contributed by atoms with van der Waals surface area (Å²) in [5.74, 6) is 0.444. The molecular formula is C16H19N. The first-order valence-electron chi connectivity index (χ1n) is 6.12. The standard InChI is InChI=1S/C16H19N/c1-13(12-14-8-4-2-5-9-14)16(17)15-10-6-3-7-11-15/h2-11,13,16H,12,17H2,1H3/t13-,16-/m1/s1. The van der Waals surface area contributed by atoms with Gasteiger partial charge < -0.3 is 5.73 Å². The lowest BCUT2D eigenvalue weighted by Crippen LogP contribution is -2.20. The zero-order chi connectivity index (χ0) is 12.1. The molecule has 1 heteroatoms. The second-order valence-electron chi connectivity index (χ2n) is 4.60. The van der Waals surface area contributed by atoms with Crippen molar-refractivity contribution >= 4 is 0 Å². The SMILES string of the molecule is C[C@H](Cc1ccccc1)[C@@H](N)c1ccccc1. The van der Waals surface area contributed by atoms with Gasteiger partial charge in [-0.2, -0.15) is 0 Å². The molecule has 1 nitrogen and oxygen atoms in total. The van der Waals surface area contributed by atoms with E-state index in [0.717, 1.165) is 6.42 Å². The van der Waals surface area contributed by atoms with Gasteiger partial charge in [0.05, 0.1) is 0 Å². The highest BCUT2D eigenvalue weighted by Gasteiger charge is 2.14. The summed E-state index contributed by atoms with van der Waals surface area (Å²) < 4.78 is 0. The van der Waals surface area contributed by atoms with Crippen LogP contribution in [0.5, 0.6) is 0 Å². The van der Waals surface area contributed by atoms with Crippen molar-refractivity contribution in [2.45, 2.75) is 19.4 Å². The molecule has 2 aromatic carbocycles. The van der Waals surface area contributed by atoms with Crippen molar-refractivity contribution in [2.75, 3.05) is 0 Å². The van der Waals surface area contributed by atoms with Gasteiger partial charge in [-0.25, -0.2) is 0 Å². The van der Waals surface area contributed by atoms with Crippen molar-refractivity contribution in [3.8, 4) is 0 Å². The highest BCUT2D eigenvalue weighted by atomic mass is 14.6. The maximum absolute atomic E-state index is 6.29. The molecule has 0 aliphatic rings. The molecule has 0 saturated carbocycles. The maximum atomic E-state index is 6.29. The van der Waals surface area contributed by atoms with Crippen LogP contribution in [0.3, 0.4) is 0 Å². The third kappa shape index (κ3) is 3.18. The van der Waals surface area contributed by atoms with Gasteiger partial charge in [-0.1, -0.05) is 67.6 Å². The van der Waals surface area contributed by atoms with Crippen LogP contribution in [0.2, 0.25) is 0 Å². The smallest absolute Gasteiger partial charge is 0.0324 e. The van der Waals surface area contributed by atoms with E-state index >= 15 is 0 Å². The van der Waals surface area contributed by atoms with Crippen molar-refractivity contribution in [1.82, 2.24) is 0 Å². The fraction of sp³-hybridized carbons (Fsp3) is 0.250. The molecule has 0 fully saturated rings. The van der Waals surface area contributed by atoms with Crippen molar-refractivity contribution in [1.29, 1.82) is 0 Å². The predicted molar refractivity (Wildman–Crippen MR) is 72.7 cm³/mol. The Bertz CT molecular complexity index is 436. The van der Waals surface area contributed by atoms with E-state index in [1.54, 1.807) is 0 Å². The zero-order valence-electron chi connectivity index (χ0n) is 10.2. The molecule has 0 amide bonds. The predicted octanol–water partition coefficient (Wildman–Crippen LogP) is 3.57. The van der Waals surface area contributed by atoms with Crippen molar-refractivity contribution in [3.05, 3.63) is 71.8 Å². The first-order valence-corrected chi connectivity index (χ1v) is 6.12. The largest absolute Gasteiger partial charge is 0.324 e. The number of rotatable bonds is 4. The Morgan fingerprint density at radius 3 is 2.00 bits per heavy atom. The van der Waals surface area contributed by atoms with Gasteiger partial charge in [0.2, 0.25) is 0 Å². The van der Waals surface area contributed by atoms with E-state index in [-0.39, 0.29) is 6.04 Å². The molecular weight excluding hydrogens is 206 g/mol. The average molecular weight is 225 g/mol. The van der Waals surface area contributed by atoms with Crippen LogP contribution in [0.15, 0.2) is 60.7 Å². The molecule has 0 unspecified atom stereocenters. The lowest BCUT2D eigenvalue weighted by atomic mass is 9.90. The lowest BCUT2D eigenvalue weighted by molar-refractivity contribution is 0.468. The van der Waals surface area contributed by atoms with Crippen LogP contribution >= 0.6 is 0 Å². The van der Waals surface area contributed by atoms with Gasteiger partial charge >= 0.3 is 0 Å². The van der Waals surface area contributed by atoms with E-state index in [0.29, 0.717) is 5.92 Å². The zero-order valence-corrected chi connectivity index (χ0v) is 10.2. The summed E-state index contributed by atoms with van der Waals surface area (Å²) in [4.78, 5) is 0. The van der Waals surface area contributed by atoms with Gasteiger partial charge in [0.25, 0.3) is 0 Å². The van der Waals surface area contributed by atoms with Crippen LogP contribution in [-0.4, -0.2) is 0 Å². The van der Waals surface area contributed by atoms with Crippen molar-refractivity contribution in [3.63, 3.8) is 0 Å². The topological polar surface area (TPSA) is 26.0 Å². The van der Waals surface area contributed by atoms with E-state index in [4.69, 9.17) is 5.73 Å². The Morgan fingerprint density at radius 1 is 0.882 bits per heavy atom. The molecule has 88 valence electrons. The minimum Gasteiger partial charge on any atom is -0.324 e. The molecule has 0 bridgehead atoms. The fourth-order valence-electron chi connectivity index (χ4n) is 2.12. The summed E-state index contributed by atoms with van der Waals surface area (Å²) in [5.41, 5.74) is 8.86. The van der Waals surface area contributed by atoms with Gasteiger partial charge in [-0.15, -0.1) is 0 Å². The quantitative estimate of drug-likeness (QED) is 0.846. The molecule has 0 radical (unpaired) electrons. The summed E-state index contributed by atoms with van der Waals surface area (Å²) in [5, 5.41) is 0. The average Bonchev–Trinajstić information content (AvgIpc) is 2.40. The van der Waals surface area contributed by atoms with Crippen LogP contribution in [0.1, 0.15) is 24.1 Å². The number of hydrogen-bond acceptors (Lipinski definition) is 1. The van der Waals surface area contributed by atoms with E-state index in [9.17, 15) is 0 Å². The molecule has 17 heavy (non-hydrogen) atoms. The fourth-order valence-corrected chi connectivity index (χ4v) is 2.12. The number of nitrogens with two attached hydrogens (primary N) is 1. The second kappa shape index (κ2) is 5.65. The second-order valence-corrected chi connectivity index (χ2v) is 4.60. The molecule has 0 aromatic heterocycles. The minimum absolute atomic E-state index is 0.108. The minimum atomic E-state index is 0.108. The first-order chi connectivity index (χ1) is 8.27. The van der Waals surface area contributed by atoms with Gasteiger partial charge in [0.15, 0.2) is 0 Å². The van der Waals surface area contributed by atoms with Crippen LogP contribution in [-0.2, 0) is 6.42 Å². The Morgan fingerprint density at radius 2 is 1.41 bits per heavy atom. The van der Waals surface area contributed by atoms with Crippen LogP contribution in [0.25, 0.3) is 0 Å². The van der Waals surface area contributed by atoms with E-state index in [1.807, 2.05) is 24.3 Å². The lowest BCUT2D eigenvalue weighted by Gasteiger charge is -2.20. The summed E-state index contributed by atoms with van der Waals surface area (Å²) in [6, 6.07) is 21.0. The van der Waals surface area contributed by atoms with E-state index in [1.165, 1.54) is 11.1 Å². The summed E-state index contributed by atoms with van der Waals surface area (Å²) >= 11 is 0. The monoisotopic (exact) mass is 225 g/mol. The van der Waals surface area contributed by atoms with Crippen LogP contribution < -0.4 is 5.73 Å². The van der Waals surface area contributed by atoms with E-state index < -0.39 is 0 Å². The van der Waals surface area contributed by atoms with Crippen molar-refractivity contribution < 1.29 is 0 Å². The normalized spacial score (nSPS) is 14.2. The summed E-state index contributed by atoms with van der Waals surface area (Å²) in [6.07, 6.45) is 1.02. The molecule has 0 heterocycles. The third-order valence-corrected chi connectivity index (χ3v) is 3.20. The Balaban J connectivity index is 2.03. The molecule has 0 spiro atoms. The van der Waals surface area contributed by atoms with Gasteiger partial charge in [-0.05, 0) is 23.5 Å². The summed E-state index contributed by atoms with van der Waals surface area (Å²) in [6.45, 7) is 2.21. The van der Waals surface area contributed by atoms with Crippen LogP contribution in [0, 0.1) is 5.92 Å². The van der Waals surface area contributed by atoms with Gasteiger partial charge in [0, 0.05) is 6.04 Å². The van der Waals surface area contributed by atoms with Gasteiger partial charge in [0.1, 0.15) is 0 Å². The van der Waals surface area contributed by atoms with Crippen molar-refractivity contribution in [2.24, 2.45) is 11.7 Å². The van der Waals surface area contributed by atoms with E-state index in [2.05, 4.69) is 43.3 Å². The molecule has 2 atom stereocenters.